The lowest BCUT2D eigenvalue weighted by molar-refractivity contribution is 1.05. The van der Waals surface area contributed by atoms with Crippen LogP contribution in [0.4, 0.5) is 0 Å². The predicted molar refractivity (Wildman–Crippen MR) is 123 cm³/mol. The first kappa shape index (κ1) is 18.3. The molecular weight excluding hydrogens is 400 g/mol. The van der Waals surface area contributed by atoms with E-state index < -0.39 is 0 Å². The second kappa shape index (κ2) is 7.36. The molecule has 32 heavy (non-hydrogen) atoms. The molecule has 0 fully saturated rings. The number of nitrogens with one attached hydrogen (secondary N) is 2. The van der Waals surface area contributed by atoms with Crippen LogP contribution in [-0.4, -0.2) is 35.1 Å². The number of hydrogen-bond donors (Lipinski definition) is 3. The lowest BCUT2D eigenvalue weighted by Gasteiger charge is -2.04. The zero-order valence-corrected chi connectivity index (χ0v) is 16.9. The van der Waals surface area contributed by atoms with Gasteiger partial charge < -0.3 is 10.7 Å². The van der Waals surface area contributed by atoms with Crippen LogP contribution in [0.15, 0.2) is 73.4 Å². The number of pyridine rings is 3. The standard InChI is InChI=1S/C24H18N8/c25-9-14-7-16(11-26-10-14)15-4-5-20-17(8-15)23(32-31-20)24-29-21-13-27-12-18(22(21)30-24)19-3-1-2-6-28-19/h1-8,10-13H,9,25H2,(H,29,30)(H,31,32). The van der Waals surface area contributed by atoms with Crippen LogP contribution in [0.25, 0.3) is 55.8 Å². The van der Waals surface area contributed by atoms with Crippen LogP contribution in [0.3, 0.4) is 0 Å². The molecule has 0 radical (unpaired) electrons. The Hall–Kier alpha value is -4.43. The molecule has 8 nitrogen and oxygen atoms in total. The van der Waals surface area contributed by atoms with E-state index in [4.69, 9.17) is 10.7 Å². The second-order valence-electron chi connectivity index (χ2n) is 7.50. The summed E-state index contributed by atoms with van der Waals surface area (Å²) >= 11 is 0. The molecule has 8 heteroatoms. The Morgan fingerprint density at radius 3 is 2.69 bits per heavy atom. The third-order valence-electron chi connectivity index (χ3n) is 5.49. The monoisotopic (exact) mass is 418 g/mol. The number of nitrogens with zero attached hydrogens (tertiary/aromatic N) is 5. The molecule has 0 aliphatic carbocycles. The Balaban J connectivity index is 1.50. The van der Waals surface area contributed by atoms with Crippen molar-refractivity contribution in [2.24, 2.45) is 5.73 Å². The highest BCUT2D eigenvalue weighted by molar-refractivity contribution is 5.97. The molecule has 6 rings (SSSR count). The summed E-state index contributed by atoms with van der Waals surface area (Å²) in [6.07, 6.45) is 8.94. The number of nitrogens with two attached hydrogens (primary N) is 1. The number of fused-ring (bicyclic) bond motifs is 2. The van der Waals surface area contributed by atoms with E-state index in [1.54, 1.807) is 24.8 Å². The molecule has 0 amide bonds. The number of H-pyrrole nitrogens is 2. The van der Waals surface area contributed by atoms with Crippen molar-refractivity contribution in [3.05, 3.63) is 79.0 Å². The van der Waals surface area contributed by atoms with E-state index >= 15 is 0 Å². The average molecular weight is 418 g/mol. The smallest absolute Gasteiger partial charge is 0.159 e. The Bertz CT molecular complexity index is 1570. The molecule has 0 aliphatic rings. The van der Waals surface area contributed by atoms with Crippen molar-refractivity contribution in [1.82, 2.24) is 35.1 Å². The minimum absolute atomic E-state index is 0.450. The molecule has 154 valence electrons. The van der Waals surface area contributed by atoms with Crippen LogP contribution < -0.4 is 5.73 Å². The lowest BCUT2D eigenvalue weighted by atomic mass is 10.0. The Kier molecular flexibility index (Phi) is 4.22. The Labute approximate surface area is 182 Å². The van der Waals surface area contributed by atoms with Crippen LogP contribution in [0.5, 0.6) is 0 Å². The Morgan fingerprint density at radius 2 is 1.81 bits per heavy atom. The fourth-order valence-electron chi connectivity index (χ4n) is 3.89. The van der Waals surface area contributed by atoms with Gasteiger partial charge in [0.25, 0.3) is 0 Å². The molecule has 0 saturated carbocycles. The maximum absolute atomic E-state index is 5.79. The van der Waals surface area contributed by atoms with Gasteiger partial charge in [0.15, 0.2) is 5.82 Å². The first-order chi connectivity index (χ1) is 15.8. The van der Waals surface area contributed by atoms with E-state index in [9.17, 15) is 0 Å². The predicted octanol–water partition coefficient (Wildman–Crippen LogP) is 4.08. The zero-order chi connectivity index (χ0) is 21.5. The topological polar surface area (TPSA) is 122 Å². The normalized spacial score (nSPS) is 11.4. The van der Waals surface area contributed by atoms with E-state index in [1.807, 2.05) is 36.5 Å². The fourth-order valence-corrected chi connectivity index (χ4v) is 3.89. The molecule has 5 heterocycles. The van der Waals surface area contributed by atoms with Crippen molar-refractivity contribution in [2.75, 3.05) is 0 Å². The van der Waals surface area contributed by atoms with Crippen LogP contribution in [0, 0.1) is 0 Å². The van der Waals surface area contributed by atoms with Crippen molar-refractivity contribution in [2.45, 2.75) is 6.54 Å². The zero-order valence-electron chi connectivity index (χ0n) is 16.9. The van der Waals surface area contributed by atoms with Crippen LogP contribution >= 0.6 is 0 Å². The van der Waals surface area contributed by atoms with Crippen molar-refractivity contribution in [3.8, 4) is 33.9 Å². The van der Waals surface area contributed by atoms with E-state index in [2.05, 4.69) is 42.3 Å². The highest BCUT2D eigenvalue weighted by Crippen LogP contribution is 2.32. The van der Waals surface area contributed by atoms with Crippen molar-refractivity contribution >= 4 is 21.9 Å². The van der Waals surface area contributed by atoms with Crippen molar-refractivity contribution in [3.63, 3.8) is 0 Å². The number of rotatable bonds is 4. The minimum Gasteiger partial charge on any atom is -0.335 e. The second-order valence-corrected chi connectivity index (χ2v) is 7.50. The summed E-state index contributed by atoms with van der Waals surface area (Å²) in [5.41, 5.74) is 13.8. The molecule has 0 bridgehead atoms. The van der Waals surface area contributed by atoms with Gasteiger partial charge in [-0.25, -0.2) is 4.98 Å². The third-order valence-corrected chi connectivity index (χ3v) is 5.49. The number of hydrogen-bond acceptors (Lipinski definition) is 6. The summed E-state index contributed by atoms with van der Waals surface area (Å²) in [6.45, 7) is 0.450. The minimum atomic E-state index is 0.450. The summed E-state index contributed by atoms with van der Waals surface area (Å²) in [5.74, 6) is 0.669. The molecule has 0 saturated heterocycles. The first-order valence-electron chi connectivity index (χ1n) is 10.2. The molecule has 0 aliphatic heterocycles. The third kappa shape index (κ3) is 3.01. The van der Waals surface area contributed by atoms with Gasteiger partial charge in [0.05, 0.1) is 22.9 Å². The van der Waals surface area contributed by atoms with Crippen LogP contribution in [0.1, 0.15) is 5.56 Å². The quantitative estimate of drug-likeness (QED) is 0.396. The molecule has 4 N–H and O–H groups in total. The van der Waals surface area contributed by atoms with Crippen LogP contribution in [0.2, 0.25) is 0 Å². The maximum atomic E-state index is 5.79. The fraction of sp³-hybridized carbons (Fsp3) is 0.0417. The summed E-state index contributed by atoms with van der Waals surface area (Å²) in [7, 11) is 0. The van der Waals surface area contributed by atoms with Gasteiger partial charge in [-0.1, -0.05) is 12.1 Å². The SMILES string of the molecule is NCc1cncc(-c2ccc3[nH]nc(-c4nc5c(-c6ccccn6)cncc5[nH]4)c3c2)c1. The van der Waals surface area contributed by atoms with Gasteiger partial charge in [0.1, 0.15) is 11.2 Å². The highest BCUT2D eigenvalue weighted by atomic mass is 15.1. The molecule has 1 aromatic carbocycles. The number of aromatic amines is 2. The van der Waals surface area contributed by atoms with Gasteiger partial charge in [-0.2, -0.15) is 5.10 Å². The summed E-state index contributed by atoms with van der Waals surface area (Å²) in [5, 5.41) is 8.61. The molecule has 5 aromatic heterocycles. The van der Waals surface area contributed by atoms with E-state index in [-0.39, 0.29) is 0 Å². The summed E-state index contributed by atoms with van der Waals surface area (Å²) < 4.78 is 0. The van der Waals surface area contributed by atoms with Gasteiger partial charge >= 0.3 is 0 Å². The van der Waals surface area contributed by atoms with Gasteiger partial charge in [-0.3, -0.25) is 20.1 Å². The van der Waals surface area contributed by atoms with E-state index in [1.165, 1.54) is 0 Å². The molecular formula is C24H18N8. The summed E-state index contributed by atoms with van der Waals surface area (Å²) in [4.78, 5) is 21.4. The number of imidazole rings is 1. The number of benzene rings is 1. The first-order valence-corrected chi connectivity index (χ1v) is 10.2. The summed E-state index contributed by atoms with van der Waals surface area (Å²) in [6, 6.07) is 14.0. The van der Waals surface area contributed by atoms with Crippen molar-refractivity contribution < 1.29 is 0 Å². The van der Waals surface area contributed by atoms with Gasteiger partial charge in [-0.15, -0.1) is 0 Å². The lowest BCUT2D eigenvalue weighted by Crippen LogP contribution is -1.97. The highest BCUT2D eigenvalue weighted by Gasteiger charge is 2.16. The van der Waals surface area contributed by atoms with E-state index in [0.717, 1.165) is 55.6 Å². The molecule has 0 unspecified atom stereocenters. The van der Waals surface area contributed by atoms with Gasteiger partial charge in [0.2, 0.25) is 0 Å². The Morgan fingerprint density at radius 1 is 0.875 bits per heavy atom. The van der Waals surface area contributed by atoms with Gasteiger partial charge in [0, 0.05) is 47.8 Å². The number of aromatic nitrogens is 7. The maximum Gasteiger partial charge on any atom is 0.159 e. The van der Waals surface area contributed by atoms with Crippen molar-refractivity contribution in [1.29, 1.82) is 0 Å². The molecule has 0 spiro atoms. The average Bonchev–Trinajstić information content (AvgIpc) is 3.48. The molecule has 0 atom stereocenters. The largest absolute Gasteiger partial charge is 0.335 e. The molecule has 6 aromatic rings. The van der Waals surface area contributed by atoms with E-state index in [0.29, 0.717) is 12.4 Å². The van der Waals surface area contributed by atoms with Crippen LogP contribution in [-0.2, 0) is 6.54 Å². The van der Waals surface area contributed by atoms with Gasteiger partial charge in [-0.05, 0) is 41.5 Å².